The number of amides is 1. The second-order valence-electron chi connectivity index (χ2n) is 5.46. The molecule has 1 heterocycles. The molecule has 4 heteroatoms. The van der Waals surface area contributed by atoms with Crippen molar-refractivity contribution in [3.05, 3.63) is 27.7 Å². The maximum atomic E-state index is 12.4. The fourth-order valence-electron chi connectivity index (χ4n) is 2.71. The van der Waals surface area contributed by atoms with E-state index in [2.05, 4.69) is 33.5 Å². The zero-order valence-corrected chi connectivity index (χ0v) is 13.3. The Hall–Kier alpha value is -0.870. The number of benzene rings is 1. The van der Waals surface area contributed by atoms with Gasteiger partial charge in [-0.05, 0) is 62.4 Å². The van der Waals surface area contributed by atoms with E-state index >= 15 is 0 Å². The Kier molecular flexibility index (Phi) is 4.63. The Morgan fingerprint density at radius 2 is 2.00 bits per heavy atom. The van der Waals surface area contributed by atoms with Gasteiger partial charge >= 0.3 is 0 Å². The number of rotatable bonds is 2. The molecule has 0 spiro atoms. The summed E-state index contributed by atoms with van der Waals surface area (Å²) in [4.78, 5) is 12.4. The first kappa shape index (κ1) is 14.5. The van der Waals surface area contributed by atoms with Gasteiger partial charge in [0.2, 0.25) is 5.91 Å². The molecule has 1 fully saturated rings. The highest BCUT2D eigenvalue weighted by Gasteiger charge is 2.27. The Bertz CT molecular complexity index is 464. The molecule has 1 amide bonds. The van der Waals surface area contributed by atoms with Crippen LogP contribution < -0.4 is 10.6 Å². The van der Waals surface area contributed by atoms with Crippen LogP contribution in [-0.4, -0.2) is 18.5 Å². The van der Waals surface area contributed by atoms with Gasteiger partial charge in [0, 0.05) is 10.2 Å². The van der Waals surface area contributed by atoms with E-state index in [1.807, 2.05) is 26.0 Å². The molecule has 2 rings (SSSR count). The zero-order chi connectivity index (χ0) is 14.0. The number of halogens is 1. The minimum atomic E-state index is -0.0730. The molecule has 0 radical (unpaired) electrons. The predicted octanol–water partition coefficient (Wildman–Crippen LogP) is 3.39. The number of nitrogens with one attached hydrogen (secondary N) is 2. The Labute approximate surface area is 123 Å². The van der Waals surface area contributed by atoms with Gasteiger partial charge in [-0.3, -0.25) is 4.79 Å². The van der Waals surface area contributed by atoms with Crippen LogP contribution in [0, 0.1) is 19.8 Å². The largest absolute Gasteiger partial charge is 0.324 e. The van der Waals surface area contributed by atoms with E-state index in [4.69, 9.17) is 0 Å². The Morgan fingerprint density at radius 1 is 1.37 bits per heavy atom. The van der Waals surface area contributed by atoms with E-state index in [1.54, 1.807) is 0 Å². The summed E-state index contributed by atoms with van der Waals surface area (Å²) >= 11 is 3.47. The van der Waals surface area contributed by atoms with Crippen LogP contribution in [0.25, 0.3) is 0 Å². The number of aryl methyl sites for hydroxylation is 2. The zero-order valence-electron chi connectivity index (χ0n) is 11.7. The van der Waals surface area contributed by atoms with Crippen molar-refractivity contribution < 1.29 is 4.79 Å². The van der Waals surface area contributed by atoms with Crippen LogP contribution >= 0.6 is 15.9 Å². The summed E-state index contributed by atoms with van der Waals surface area (Å²) < 4.78 is 1.05. The summed E-state index contributed by atoms with van der Waals surface area (Å²) in [6.45, 7) is 7.11. The number of carbonyl (C=O) groups is 1. The molecular weight excluding hydrogens is 304 g/mol. The van der Waals surface area contributed by atoms with Gasteiger partial charge < -0.3 is 10.6 Å². The minimum absolute atomic E-state index is 0.0730. The van der Waals surface area contributed by atoms with Crippen molar-refractivity contribution in [3.63, 3.8) is 0 Å². The van der Waals surface area contributed by atoms with Gasteiger partial charge in [-0.15, -0.1) is 0 Å². The van der Waals surface area contributed by atoms with E-state index in [1.165, 1.54) is 0 Å². The third-order valence-corrected chi connectivity index (χ3v) is 4.26. The summed E-state index contributed by atoms with van der Waals surface area (Å²) in [6, 6.07) is 3.98. The second-order valence-corrected chi connectivity index (χ2v) is 6.37. The van der Waals surface area contributed by atoms with Crippen molar-refractivity contribution in [2.45, 2.75) is 39.7 Å². The highest BCUT2D eigenvalue weighted by Crippen LogP contribution is 2.26. The standard InChI is InChI=1S/C15H21BrN2O/c1-9-5-4-6-17-14(9)15(19)18-13-10(2)7-12(16)8-11(13)3/h7-9,14,17H,4-6H2,1-3H3,(H,18,19). The first-order valence-corrected chi connectivity index (χ1v) is 7.59. The van der Waals surface area contributed by atoms with Gasteiger partial charge in [0.05, 0.1) is 6.04 Å². The fraction of sp³-hybridized carbons (Fsp3) is 0.533. The number of piperidine rings is 1. The third kappa shape index (κ3) is 3.37. The first-order valence-electron chi connectivity index (χ1n) is 6.80. The quantitative estimate of drug-likeness (QED) is 0.875. The summed E-state index contributed by atoms with van der Waals surface area (Å²) in [6.07, 6.45) is 2.27. The second kappa shape index (κ2) is 6.06. The summed E-state index contributed by atoms with van der Waals surface area (Å²) in [5.41, 5.74) is 3.11. The van der Waals surface area contributed by atoms with Crippen molar-refractivity contribution in [2.75, 3.05) is 11.9 Å². The van der Waals surface area contributed by atoms with Crippen LogP contribution in [0.2, 0.25) is 0 Å². The molecular formula is C15H21BrN2O. The van der Waals surface area contributed by atoms with Gasteiger partial charge in [-0.1, -0.05) is 22.9 Å². The first-order chi connectivity index (χ1) is 8.99. The molecule has 19 heavy (non-hydrogen) atoms. The molecule has 1 aromatic rings. The molecule has 1 aliphatic rings. The summed E-state index contributed by atoms with van der Waals surface area (Å²) in [5.74, 6) is 0.477. The monoisotopic (exact) mass is 324 g/mol. The Morgan fingerprint density at radius 3 is 2.58 bits per heavy atom. The fourth-order valence-corrected chi connectivity index (χ4v) is 3.40. The van der Waals surface area contributed by atoms with Gasteiger partial charge in [0.25, 0.3) is 0 Å². The molecule has 104 valence electrons. The summed E-state index contributed by atoms with van der Waals surface area (Å²) in [5, 5.41) is 6.40. The topological polar surface area (TPSA) is 41.1 Å². The predicted molar refractivity (Wildman–Crippen MR) is 82.4 cm³/mol. The molecule has 0 bridgehead atoms. The number of anilines is 1. The van der Waals surface area contributed by atoms with Crippen LogP contribution in [0.4, 0.5) is 5.69 Å². The number of hydrogen-bond acceptors (Lipinski definition) is 2. The lowest BCUT2D eigenvalue weighted by Gasteiger charge is -2.29. The minimum Gasteiger partial charge on any atom is -0.324 e. The Balaban J connectivity index is 2.14. The molecule has 1 saturated heterocycles. The lowest BCUT2D eigenvalue weighted by Crippen LogP contribution is -2.48. The lowest BCUT2D eigenvalue weighted by atomic mass is 9.92. The van der Waals surface area contributed by atoms with Crippen LogP contribution in [0.3, 0.4) is 0 Å². The van der Waals surface area contributed by atoms with Gasteiger partial charge in [0.15, 0.2) is 0 Å². The summed E-state index contributed by atoms with van der Waals surface area (Å²) in [7, 11) is 0. The van der Waals surface area contributed by atoms with E-state index < -0.39 is 0 Å². The van der Waals surface area contributed by atoms with Crippen molar-refractivity contribution in [2.24, 2.45) is 5.92 Å². The SMILES string of the molecule is Cc1cc(Br)cc(C)c1NC(=O)C1NCCCC1C. The molecule has 1 aromatic carbocycles. The van der Waals surface area contributed by atoms with Crippen LogP contribution in [-0.2, 0) is 4.79 Å². The van der Waals surface area contributed by atoms with Crippen molar-refractivity contribution in [3.8, 4) is 0 Å². The average Bonchev–Trinajstić information content (AvgIpc) is 2.34. The van der Waals surface area contributed by atoms with Gasteiger partial charge in [0.1, 0.15) is 0 Å². The molecule has 3 nitrogen and oxygen atoms in total. The molecule has 2 unspecified atom stereocenters. The highest BCUT2D eigenvalue weighted by molar-refractivity contribution is 9.10. The van der Waals surface area contributed by atoms with Crippen LogP contribution in [0.15, 0.2) is 16.6 Å². The molecule has 2 atom stereocenters. The maximum Gasteiger partial charge on any atom is 0.241 e. The third-order valence-electron chi connectivity index (χ3n) is 3.80. The van der Waals surface area contributed by atoms with E-state index in [0.717, 1.165) is 40.7 Å². The van der Waals surface area contributed by atoms with Crippen LogP contribution in [0.5, 0.6) is 0 Å². The average molecular weight is 325 g/mol. The number of carbonyl (C=O) groups excluding carboxylic acids is 1. The molecule has 2 N–H and O–H groups in total. The van der Waals surface area contributed by atoms with Gasteiger partial charge in [-0.25, -0.2) is 0 Å². The van der Waals surface area contributed by atoms with E-state index in [0.29, 0.717) is 5.92 Å². The highest BCUT2D eigenvalue weighted by atomic mass is 79.9. The molecule has 0 saturated carbocycles. The maximum absolute atomic E-state index is 12.4. The molecule has 0 aromatic heterocycles. The van der Waals surface area contributed by atoms with Crippen LogP contribution in [0.1, 0.15) is 30.9 Å². The lowest BCUT2D eigenvalue weighted by molar-refractivity contribution is -0.119. The van der Waals surface area contributed by atoms with E-state index in [9.17, 15) is 4.79 Å². The molecule has 1 aliphatic heterocycles. The van der Waals surface area contributed by atoms with E-state index in [-0.39, 0.29) is 11.9 Å². The van der Waals surface area contributed by atoms with Crippen molar-refractivity contribution >= 4 is 27.5 Å². The smallest absolute Gasteiger partial charge is 0.241 e. The van der Waals surface area contributed by atoms with Crippen molar-refractivity contribution in [1.82, 2.24) is 5.32 Å². The van der Waals surface area contributed by atoms with Gasteiger partial charge in [-0.2, -0.15) is 0 Å². The normalized spacial score (nSPS) is 23.2. The molecule has 0 aliphatic carbocycles. The number of hydrogen-bond donors (Lipinski definition) is 2. The van der Waals surface area contributed by atoms with Crippen molar-refractivity contribution in [1.29, 1.82) is 0 Å².